The van der Waals surface area contributed by atoms with E-state index in [4.69, 9.17) is 9.15 Å². The summed E-state index contributed by atoms with van der Waals surface area (Å²) in [7, 11) is 0. The minimum Gasteiger partial charge on any atom is -0.457 e. The molecular formula is C62H39NO2. The van der Waals surface area contributed by atoms with Crippen LogP contribution in [-0.4, -0.2) is 0 Å². The standard InChI is InChI=1S/C62H39NO2/c1-2-18-40(19-3-1)61(50-28-9-4-22-44(50)45-23-5-10-29-51(45)61)41-20-16-21-42(38-41)63(56-33-17-27-49-48-26-8-14-34-57(48)65-60(49)56)43-36-37-59-55(39-43)62(54-32-13-15-35-58(54)64-59)52-30-11-6-24-46(52)47-25-7-12-31-53(47)62/h1-39H. The van der Waals surface area contributed by atoms with Gasteiger partial charge in [-0.05, 0) is 104 Å². The van der Waals surface area contributed by atoms with E-state index in [1.165, 1.54) is 55.6 Å². The molecule has 65 heavy (non-hydrogen) atoms. The van der Waals surface area contributed by atoms with Crippen LogP contribution in [0.5, 0.6) is 11.5 Å². The van der Waals surface area contributed by atoms with Crippen LogP contribution in [0, 0.1) is 0 Å². The van der Waals surface area contributed by atoms with Gasteiger partial charge in [0.05, 0.1) is 16.5 Å². The van der Waals surface area contributed by atoms with Crippen LogP contribution < -0.4 is 9.64 Å². The van der Waals surface area contributed by atoms with Crippen LogP contribution in [0.1, 0.15) is 44.5 Å². The zero-order valence-electron chi connectivity index (χ0n) is 35.3. The first-order chi connectivity index (χ1) is 32.2. The quantitative estimate of drug-likeness (QED) is 0.173. The molecule has 0 fully saturated rings. The number of fused-ring (bicyclic) bond motifs is 15. The summed E-state index contributed by atoms with van der Waals surface area (Å²) in [5, 5.41) is 2.16. The summed E-state index contributed by atoms with van der Waals surface area (Å²) >= 11 is 0. The van der Waals surface area contributed by atoms with Crippen molar-refractivity contribution in [1.82, 2.24) is 0 Å². The summed E-state index contributed by atoms with van der Waals surface area (Å²) in [6.07, 6.45) is 0. The van der Waals surface area contributed by atoms with E-state index in [1.54, 1.807) is 0 Å². The van der Waals surface area contributed by atoms with Gasteiger partial charge in [-0.2, -0.15) is 0 Å². The molecule has 0 N–H and O–H groups in total. The molecule has 10 aromatic carbocycles. The topological polar surface area (TPSA) is 25.6 Å². The zero-order valence-corrected chi connectivity index (χ0v) is 35.3. The molecule has 0 saturated carbocycles. The second kappa shape index (κ2) is 13.6. The minimum atomic E-state index is -0.624. The van der Waals surface area contributed by atoms with Gasteiger partial charge in [0.25, 0.3) is 0 Å². The average molecular weight is 830 g/mol. The van der Waals surface area contributed by atoms with E-state index >= 15 is 0 Å². The van der Waals surface area contributed by atoms with Gasteiger partial charge in [-0.15, -0.1) is 0 Å². The molecule has 0 saturated heterocycles. The minimum absolute atomic E-state index is 0.573. The largest absolute Gasteiger partial charge is 0.457 e. The molecule has 3 heteroatoms. The Morgan fingerprint density at radius 3 is 1.52 bits per heavy atom. The van der Waals surface area contributed by atoms with Crippen molar-refractivity contribution >= 4 is 39.0 Å². The van der Waals surface area contributed by atoms with E-state index in [9.17, 15) is 0 Å². The predicted molar refractivity (Wildman–Crippen MR) is 263 cm³/mol. The fourth-order valence-electron chi connectivity index (χ4n) is 11.9. The van der Waals surface area contributed by atoms with E-state index < -0.39 is 10.8 Å². The highest BCUT2D eigenvalue weighted by atomic mass is 16.5. The number of hydrogen-bond acceptors (Lipinski definition) is 3. The van der Waals surface area contributed by atoms with Crippen LogP contribution in [-0.2, 0) is 10.8 Å². The van der Waals surface area contributed by atoms with Crippen LogP contribution in [0.3, 0.4) is 0 Å². The van der Waals surface area contributed by atoms with Gasteiger partial charge < -0.3 is 14.1 Å². The molecule has 0 radical (unpaired) electrons. The highest BCUT2D eigenvalue weighted by Crippen LogP contribution is 2.63. The Morgan fingerprint density at radius 1 is 0.323 bits per heavy atom. The van der Waals surface area contributed by atoms with Crippen molar-refractivity contribution in [3.63, 3.8) is 0 Å². The number of benzene rings is 10. The lowest BCUT2D eigenvalue weighted by Gasteiger charge is -2.40. The number of nitrogens with zero attached hydrogens (tertiary/aromatic N) is 1. The SMILES string of the molecule is c1ccc(C2(c3cccc(N(c4ccc5c(c4)C4(c6ccccc6O5)c5ccccc5-c5ccccc54)c4cccc5c4oc4ccccc45)c3)c3ccccc3-c3ccccc32)cc1. The zero-order chi connectivity index (χ0) is 42.7. The van der Waals surface area contributed by atoms with Gasteiger partial charge in [0.15, 0.2) is 5.58 Å². The molecule has 3 nitrogen and oxygen atoms in total. The number of anilines is 3. The normalized spacial score (nSPS) is 14.2. The summed E-state index contributed by atoms with van der Waals surface area (Å²) < 4.78 is 13.8. The Morgan fingerprint density at radius 2 is 0.831 bits per heavy atom. The van der Waals surface area contributed by atoms with Crippen LogP contribution in [0.15, 0.2) is 241 Å². The van der Waals surface area contributed by atoms with Crippen LogP contribution >= 0.6 is 0 Å². The Kier molecular flexibility index (Phi) is 7.53. The third kappa shape index (κ3) is 4.79. The van der Waals surface area contributed by atoms with Gasteiger partial charge in [-0.1, -0.05) is 188 Å². The molecule has 1 aromatic heterocycles. The van der Waals surface area contributed by atoms with E-state index in [1.807, 2.05) is 6.07 Å². The Hall–Kier alpha value is -8.40. The van der Waals surface area contributed by atoms with Gasteiger partial charge >= 0.3 is 0 Å². The van der Waals surface area contributed by atoms with Gasteiger partial charge in [0.1, 0.15) is 17.1 Å². The number of para-hydroxylation sites is 3. The molecular weight excluding hydrogens is 791 g/mol. The maximum Gasteiger partial charge on any atom is 0.159 e. The highest BCUT2D eigenvalue weighted by molar-refractivity contribution is 6.10. The molecule has 1 aliphatic heterocycles. The molecule has 11 aromatic rings. The molecule has 2 heterocycles. The number of hydrogen-bond donors (Lipinski definition) is 0. The molecule has 0 unspecified atom stereocenters. The van der Waals surface area contributed by atoms with Gasteiger partial charge in [-0.3, -0.25) is 0 Å². The molecule has 0 amide bonds. The second-order valence-corrected chi connectivity index (χ2v) is 17.5. The first-order valence-electron chi connectivity index (χ1n) is 22.4. The molecule has 0 bridgehead atoms. The van der Waals surface area contributed by atoms with Crippen molar-refractivity contribution in [3.8, 4) is 33.8 Å². The fraction of sp³-hybridized carbons (Fsp3) is 0.0323. The van der Waals surface area contributed by atoms with E-state index in [0.717, 1.165) is 61.6 Å². The summed E-state index contributed by atoms with van der Waals surface area (Å²) in [5.41, 5.74) is 18.2. The van der Waals surface area contributed by atoms with Crippen molar-refractivity contribution in [3.05, 3.63) is 281 Å². The molecule has 14 rings (SSSR count). The summed E-state index contributed by atoms with van der Waals surface area (Å²) in [5.74, 6) is 1.72. The summed E-state index contributed by atoms with van der Waals surface area (Å²) in [6.45, 7) is 0. The van der Waals surface area contributed by atoms with Crippen molar-refractivity contribution in [2.45, 2.75) is 10.8 Å². The predicted octanol–water partition coefficient (Wildman–Crippen LogP) is 15.9. The average Bonchev–Trinajstić information content (AvgIpc) is 4.01. The smallest absolute Gasteiger partial charge is 0.159 e. The third-order valence-corrected chi connectivity index (χ3v) is 14.4. The first-order valence-corrected chi connectivity index (χ1v) is 22.4. The third-order valence-electron chi connectivity index (χ3n) is 14.4. The van der Waals surface area contributed by atoms with Gasteiger partial charge in [0.2, 0.25) is 0 Å². The van der Waals surface area contributed by atoms with Crippen molar-refractivity contribution in [1.29, 1.82) is 0 Å². The maximum absolute atomic E-state index is 6.93. The summed E-state index contributed by atoms with van der Waals surface area (Å²) in [6, 6.07) is 86.2. The molecule has 0 atom stereocenters. The van der Waals surface area contributed by atoms with Crippen LogP contribution in [0.2, 0.25) is 0 Å². The van der Waals surface area contributed by atoms with Crippen molar-refractivity contribution in [2.24, 2.45) is 0 Å². The Bertz CT molecular complexity index is 3640. The van der Waals surface area contributed by atoms with E-state index in [-0.39, 0.29) is 0 Å². The van der Waals surface area contributed by atoms with Gasteiger partial charge in [0, 0.05) is 33.3 Å². The van der Waals surface area contributed by atoms with Crippen LogP contribution in [0.25, 0.3) is 44.2 Å². The lowest BCUT2D eigenvalue weighted by molar-refractivity contribution is 0.436. The second-order valence-electron chi connectivity index (χ2n) is 17.5. The molecule has 1 spiro atoms. The lowest BCUT2D eigenvalue weighted by atomic mass is 9.66. The molecule has 3 aliphatic rings. The Balaban J connectivity index is 1.07. The van der Waals surface area contributed by atoms with Crippen molar-refractivity contribution < 1.29 is 9.15 Å². The first kappa shape index (κ1) is 36.1. The number of rotatable bonds is 5. The molecule has 304 valence electrons. The van der Waals surface area contributed by atoms with Gasteiger partial charge in [-0.25, -0.2) is 0 Å². The van der Waals surface area contributed by atoms with Crippen molar-refractivity contribution in [2.75, 3.05) is 4.90 Å². The molecule has 2 aliphatic carbocycles. The summed E-state index contributed by atoms with van der Waals surface area (Å²) in [4.78, 5) is 2.40. The monoisotopic (exact) mass is 829 g/mol. The van der Waals surface area contributed by atoms with E-state index in [0.29, 0.717) is 0 Å². The van der Waals surface area contributed by atoms with Crippen LogP contribution in [0.4, 0.5) is 17.1 Å². The maximum atomic E-state index is 6.93. The number of ether oxygens (including phenoxy) is 1. The van der Waals surface area contributed by atoms with E-state index in [2.05, 4.69) is 235 Å². The number of furan rings is 1. The highest BCUT2D eigenvalue weighted by Gasteiger charge is 2.51. The fourth-order valence-corrected chi connectivity index (χ4v) is 11.9. The lowest BCUT2D eigenvalue weighted by Crippen LogP contribution is -2.32. The Labute approximate surface area is 377 Å².